The molecule has 1 saturated heterocycles. The number of rotatable bonds is 4. The van der Waals surface area contributed by atoms with Gasteiger partial charge in [-0.05, 0) is 52.6 Å². The summed E-state index contributed by atoms with van der Waals surface area (Å²) in [6.07, 6.45) is 0. The van der Waals surface area contributed by atoms with E-state index in [4.69, 9.17) is 9.47 Å². The van der Waals surface area contributed by atoms with Crippen LogP contribution in [0.4, 0.5) is 0 Å². The number of ether oxygens (including phenoxy) is 2. The summed E-state index contributed by atoms with van der Waals surface area (Å²) in [7, 11) is 0. The molecular formula is C15H18Br2N2O5S. The van der Waals surface area contributed by atoms with Gasteiger partial charge in [0.05, 0.1) is 0 Å². The molecule has 1 fully saturated rings. The number of halogens is 2. The van der Waals surface area contributed by atoms with E-state index in [-0.39, 0.29) is 23.6 Å². The molecule has 0 saturated carbocycles. The standard InChI is InChI=1S/C15H18Br2N2O5S/c1-7(20)23-5-8-6-25-12-9(18-14(16)17)11(21)19(12)10(8)13(22)24-15(2,3)4/h9,12H,5-6H2,1-4H3/t9?,12-/m0/s1. The van der Waals surface area contributed by atoms with Crippen LogP contribution in [0, 0.1) is 0 Å². The number of esters is 2. The first-order valence-corrected chi connectivity index (χ1v) is 10.1. The quantitative estimate of drug-likeness (QED) is 0.337. The average Bonchev–Trinajstić information content (AvgIpc) is 2.47. The summed E-state index contributed by atoms with van der Waals surface area (Å²) in [5.41, 5.74) is 0.00241. The van der Waals surface area contributed by atoms with E-state index >= 15 is 0 Å². The Balaban J connectivity index is 2.33. The molecule has 25 heavy (non-hydrogen) atoms. The molecule has 0 aliphatic carbocycles. The van der Waals surface area contributed by atoms with Gasteiger partial charge in [-0.3, -0.25) is 19.5 Å². The largest absolute Gasteiger partial charge is 0.461 e. The Morgan fingerprint density at radius 2 is 2.00 bits per heavy atom. The van der Waals surface area contributed by atoms with E-state index in [0.717, 1.165) is 0 Å². The van der Waals surface area contributed by atoms with Crippen molar-refractivity contribution in [3.05, 3.63) is 11.3 Å². The lowest BCUT2D eigenvalue weighted by atomic mass is 10.0. The molecule has 2 aliphatic rings. The van der Waals surface area contributed by atoms with Gasteiger partial charge in [-0.1, -0.05) is 0 Å². The summed E-state index contributed by atoms with van der Waals surface area (Å²) in [6, 6.07) is -0.577. The van der Waals surface area contributed by atoms with Gasteiger partial charge in [-0.25, -0.2) is 4.79 Å². The van der Waals surface area contributed by atoms with Gasteiger partial charge in [-0.2, -0.15) is 0 Å². The molecule has 0 aromatic carbocycles. The third kappa shape index (κ3) is 4.85. The second-order valence-corrected chi connectivity index (χ2v) is 10.1. The lowest BCUT2D eigenvalue weighted by Gasteiger charge is -2.48. The Bertz CT molecular complexity index is 667. The van der Waals surface area contributed by atoms with E-state index in [1.807, 2.05) is 0 Å². The number of hydrogen-bond acceptors (Lipinski definition) is 7. The minimum atomic E-state index is -0.707. The minimum Gasteiger partial charge on any atom is -0.461 e. The predicted molar refractivity (Wildman–Crippen MR) is 102 cm³/mol. The zero-order chi connectivity index (χ0) is 18.9. The van der Waals surface area contributed by atoms with Crippen LogP contribution in [0.3, 0.4) is 0 Å². The van der Waals surface area contributed by atoms with Gasteiger partial charge in [0.1, 0.15) is 26.8 Å². The lowest BCUT2D eigenvalue weighted by molar-refractivity contribution is -0.158. The third-order valence-electron chi connectivity index (χ3n) is 3.30. The minimum absolute atomic E-state index is 0.0521. The van der Waals surface area contributed by atoms with Crippen molar-refractivity contribution in [1.29, 1.82) is 0 Å². The first-order chi connectivity index (χ1) is 11.5. The lowest BCUT2D eigenvalue weighted by Crippen LogP contribution is -2.64. The Labute approximate surface area is 166 Å². The van der Waals surface area contributed by atoms with Crippen LogP contribution in [0.2, 0.25) is 0 Å². The zero-order valence-electron chi connectivity index (χ0n) is 14.2. The second kappa shape index (κ2) is 7.79. The van der Waals surface area contributed by atoms with Crippen LogP contribution >= 0.6 is 43.6 Å². The van der Waals surface area contributed by atoms with Crippen LogP contribution in [-0.2, 0) is 23.9 Å². The molecule has 2 atom stereocenters. The molecule has 0 aromatic rings. The molecule has 138 valence electrons. The molecule has 0 radical (unpaired) electrons. The summed E-state index contributed by atoms with van der Waals surface area (Å²) in [5, 5.41) is -0.291. The van der Waals surface area contributed by atoms with E-state index in [1.165, 1.54) is 23.6 Å². The Hall–Kier alpha value is -0.870. The van der Waals surface area contributed by atoms with Crippen LogP contribution in [-0.4, -0.2) is 55.7 Å². The van der Waals surface area contributed by atoms with Crippen LogP contribution < -0.4 is 0 Å². The third-order valence-corrected chi connectivity index (χ3v) is 5.03. The first-order valence-electron chi connectivity index (χ1n) is 7.43. The van der Waals surface area contributed by atoms with E-state index in [1.54, 1.807) is 20.8 Å². The highest BCUT2D eigenvalue weighted by Crippen LogP contribution is 2.42. The molecule has 2 rings (SSSR count). The van der Waals surface area contributed by atoms with Gasteiger partial charge in [0.15, 0.2) is 6.04 Å². The van der Waals surface area contributed by atoms with Gasteiger partial charge in [0.2, 0.25) is 0 Å². The highest BCUT2D eigenvalue weighted by atomic mass is 79.9. The highest BCUT2D eigenvalue weighted by molar-refractivity contribution is 9.39. The number of hydrogen-bond donors (Lipinski definition) is 0. The van der Waals surface area contributed by atoms with Crippen molar-refractivity contribution < 1.29 is 23.9 Å². The number of amides is 1. The number of carbonyl (C=O) groups excluding carboxylic acids is 3. The molecule has 10 heteroatoms. The monoisotopic (exact) mass is 496 g/mol. The van der Waals surface area contributed by atoms with Crippen LogP contribution in [0.1, 0.15) is 27.7 Å². The average molecular weight is 498 g/mol. The molecule has 2 aliphatic heterocycles. The van der Waals surface area contributed by atoms with Crippen molar-refractivity contribution >= 4 is 65.0 Å². The van der Waals surface area contributed by atoms with E-state index < -0.39 is 23.6 Å². The number of carbonyl (C=O) groups is 3. The van der Waals surface area contributed by atoms with Gasteiger partial charge < -0.3 is 9.47 Å². The second-order valence-electron chi connectivity index (χ2n) is 6.46. The molecule has 0 aromatic heterocycles. The predicted octanol–water partition coefficient (Wildman–Crippen LogP) is 2.57. The molecule has 1 amide bonds. The summed E-state index contributed by atoms with van der Waals surface area (Å²) < 4.78 is 10.9. The maximum absolute atomic E-state index is 12.7. The number of fused-ring (bicyclic) bond motifs is 1. The van der Waals surface area contributed by atoms with Crippen LogP contribution in [0.15, 0.2) is 16.3 Å². The van der Waals surface area contributed by atoms with E-state index in [9.17, 15) is 14.4 Å². The first kappa shape index (κ1) is 20.4. The smallest absolute Gasteiger partial charge is 0.355 e. The van der Waals surface area contributed by atoms with E-state index in [2.05, 4.69) is 36.9 Å². The summed E-state index contributed by atoms with van der Waals surface area (Å²) in [6.45, 7) is 6.49. The van der Waals surface area contributed by atoms with Crippen molar-refractivity contribution in [3.8, 4) is 0 Å². The highest BCUT2D eigenvalue weighted by Gasteiger charge is 2.54. The summed E-state index contributed by atoms with van der Waals surface area (Å²) >= 11 is 7.78. The van der Waals surface area contributed by atoms with Gasteiger partial charge in [-0.15, -0.1) is 11.8 Å². The number of thioether (sulfide) groups is 1. The van der Waals surface area contributed by atoms with Crippen molar-refractivity contribution in [2.24, 2.45) is 4.99 Å². The normalized spacial score (nSPS) is 22.8. The Morgan fingerprint density at radius 3 is 2.52 bits per heavy atom. The summed E-state index contributed by atoms with van der Waals surface area (Å²) in [5.74, 6) is -0.908. The SMILES string of the molecule is CC(=O)OCC1=C(C(=O)OC(C)(C)C)N2C(=O)C(N=C(Br)Br)[C@@H]2SC1. The van der Waals surface area contributed by atoms with Gasteiger partial charge >= 0.3 is 11.9 Å². The molecule has 7 nitrogen and oxygen atoms in total. The molecule has 0 spiro atoms. The number of aliphatic imine (C=N–C) groups is 1. The van der Waals surface area contributed by atoms with Crippen LogP contribution in [0.5, 0.6) is 0 Å². The van der Waals surface area contributed by atoms with Crippen LogP contribution in [0.25, 0.3) is 0 Å². The van der Waals surface area contributed by atoms with Crippen molar-refractivity contribution in [2.45, 2.75) is 44.7 Å². The van der Waals surface area contributed by atoms with Crippen molar-refractivity contribution in [1.82, 2.24) is 4.90 Å². The number of β-lactam (4-membered cyclic amide) rings is 1. The van der Waals surface area contributed by atoms with E-state index in [0.29, 0.717) is 14.9 Å². The maximum atomic E-state index is 12.7. The summed E-state index contributed by atoms with van der Waals surface area (Å²) in [4.78, 5) is 41.9. The maximum Gasteiger partial charge on any atom is 0.355 e. The van der Waals surface area contributed by atoms with Crippen molar-refractivity contribution in [3.63, 3.8) is 0 Å². The Kier molecular flexibility index (Phi) is 6.37. The van der Waals surface area contributed by atoms with Gasteiger partial charge in [0, 0.05) is 18.2 Å². The Morgan fingerprint density at radius 1 is 1.36 bits per heavy atom. The fraction of sp³-hybridized carbons (Fsp3) is 0.600. The molecule has 1 unspecified atom stereocenters. The van der Waals surface area contributed by atoms with Gasteiger partial charge in [0.25, 0.3) is 5.91 Å². The molecular weight excluding hydrogens is 480 g/mol. The molecule has 0 N–H and O–H groups in total. The number of nitrogens with zero attached hydrogens (tertiary/aromatic N) is 2. The topological polar surface area (TPSA) is 85.3 Å². The fourth-order valence-electron chi connectivity index (χ4n) is 2.37. The fourth-order valence-corrected chi connectivity index (χ4v) is 4.12. The van der Waals surface area contributed by atoms with Crippen molar-refractivity contribution in [2.75, 3.05) is 12.4 Å². The zero-order valence-corrected chi connectivity index (χ0v) is 18.2. The molecule has 2 heterocycles. The molecule has 0 bridgehead atoms.